The Morgan fingerprint density at radius 3 is 2.55 bits per heavy atom. The summed E-state index contributed by atoms with van der Waals surface area (Å²) < 4.78 is 1.53. The quantitative estimate of drug-likeness (QED) is 0.677. The lowest BCUT2D eigenvalue weighted by atomic mass is 10.1. The van der Waals surface area contributed by atoms with Gasteiger partial charge < -0.3 is 4.90 Å². The van der Waals surface area contributed by atoms with Gasteiger partial charge in [-0.1, -0.05) is 0 Å². The molecule has 31 heavy (non-hydrogen) atoms. The minimum atomic E-state index is -0.345. The molecule has 160 valence electrons. The summed E-state index contributed by atoms with van der Waals surface area (Å²) in [6, 6.07) is 7.53. The molecular weight excluding hydrogens is 394 g/mol. The van der Waals surface area contributed by atoms with Gasteiger partial charge in [-0.25, -0.2) is 19.4 Å². The number of H-pyrrole nitrogens is 1. The molecule has 1 saturated heterocycles. The number of fused-ring (bicyclic) bond motifs is 5. The number of anilines is 2. The molecule has 0 spiro atoms. The van der Waals surface area contributed by atoms with Gasteiger partial charge in [0, 0.05) is 32.4 Å². The second-order valence-corrected chi connectivity index (χ2v) is 8.30. The fraction of sp³-hybridized carbons (Fsp3) is 0.364. The predicted octanol–water partition coefficient (Wildman–Crippen LogP) is 1.46. The summed E-state index contributed by atoms with van der Waals surface area (Å²) in [6.07, 6.45) is 1.66. The van der Waals surface area contributed by atoms with Crippen molar-refractivity contribution >= 4 is 17.4 Å². The van der Waals surface area contributed by atoms with Crippen LogP contribution in [0.4, 0.5) is 11.5 Å². The van der Waals surface area contributed by atoms with Crippen LogP contribution in [0.15, 0.2) is 35.3 Å². The lowest BCUT2D eigenvalue weighted by Gasteiger charge is -2.33. The number of benzene rings is 1. The molecule has 4 heterocycles. The number of pyridine rings is 1. The number of likely N-dealkylation sites (N-methyl/N-ethyl adjacent to an activating group) is 1. The zero-order valence-electron chi connectivity index (χ0n) is 17.9. The molecule has 0 aliphatic carbocycles. The van der Waals surface area contributed by atoms with Gasteiger partial charge >= 0.3 is 5.69 Å². The fourth-order valence-electron chi connectivity index (χ4n) is 4.23. The standard InChI is InChI=1S/C22H25N7O2/c1-14-11-17-18(12-15(14)2)29-21(24-25-22(29)31)16-5-4-6-23-20(16)28(17)19(30)13-27-9-7-26(3)8-10-27/h4-6,11-12H,7-10,13H2,1-3H3,(H,25,31). The molecule has 2 aliphatic heterocycles. The molecule has 5 rings (SSSR count). The van der Waals surface area contributed by atoms with Gasteiger partial charge in [-0.2, -0.15) is 5.10 Å². The Labute approximate surface area is 179 Å². The van der Waals surface area contributed by atoms with E-state index in [1.54, 1.807) is 17.2 Å². The number of aromatic amines is 1. The second-order valence-electron chi connectivity index (χ2n) is 8.30. The van der Waals surface area contributed by atoms with Crippen LogP contribution in [0.3, 0.4) is 0 Å². The van der Waals surface area contributed by atoms with Crippen LogP contribution >= 0.6 is 0 Å². The van der Waals surface area contributed by atoms with Crippen molar-refractivity contribution in [3.63, 3.8) is 0 Å². The van der Waals surface area contributed by atoms with Gasteiger partial charge in [0.05, 0.1) is 23.5 Å². The molecular formula is C22H25N7O2. The maximum absolute atomic E-state index is 13.7. The third-order valence-corrected chi connectivity index (χ3v) is 6.19. The number of amides is 1. The van der Waals surface area contributed by atoms with Crippen LogP contribution in [0, 0.1) is 13.8 Å². The summed E-state index contributed by atoms with van der Waals surface area (Å²) in [5, 5.41) is 6.81. The minimum absolute atomic E-state index is 0.0730. The maximum atomic E-state index is 13.7. The minimum Gasteiger partial charge on any atom is -0.304 e. The van der Waals surface area contributed by atoms with E-state index >= 15 is 0 Å². The molecule has 9 nitrogen and oxygen atoms in total. The van der Waals surface area contributed by atoms with Crippen LogP contribution in [0.1, 0.15) is 11.1 Å². The van der Waals surface area contributed by atoms with E-state index in [2.05, 4.69) is 32.0 Å². The van der Waals surface area contributed by atoms with Crippen molar-refractivity contribution < 1.29 is 4.79 Å². The molecule has 0 bridgehead atoms. The summed E-state index contributed by atoms with van der Waals surface area (Å²) in [6.45, 7) is 7.83. The average molecular weight is 419 g/mol. The van der Waals surface area contributed by atoms with Gasteiger partial charge in [-0.15, -0.1) is 0 Å². The van der Waals surface area contributed by atoms with E-state index in [9.17, 15) is 9.59 Å². The number of carbonyl (C=O) groups excluding carboxylic acids is 1. The third kappa shape index (κ3) is 3.26. The molecule has 1 fully saturated rings. The summed E-state index contributed by atoms with van der Waals surface area (Å²) in [7, 11) is 2.09. The normalized spacial score (nSPS) is 16.4. The van der Waals surface area contributed by atoms with Crippen molar-refractivity contribution in [3.8, 4) is 17.1 Å². The van der Waals surface area contributed by atoms with E-state index in [-0.39, 0.29) is 18.1 Å². The van der Waals surface area contributed by atoms with E-state index in [1.165, 1.54) is 4.57 Å². The monoisotopic (exact) mass is 419 g/mol. The van der Waals surface area contributed by atoms with Gasteiger partial charge in [0.25, 0.3) is 0 Å². The maximum Gasteiger partial charge on any atom is 0.348 e. The molecule has 9 heteroatoms. The first-order valence-electron chi connectivity index (χ1n) is 10.4. The third-order valence-electron chi connectivity index (χ3n) is 6.19. The highest BCUT2D eigenvalue weighted by Crippen LogP contribution is 2.41. The number of hydrogen-bond donors (Lipinski definition) is 1. The van der Waals surface area contributed by atoms with E-state index in [0.29, 0.717) is 28.6 Å². The molecule has 1 aromatic carbocycles. The SMILES string of the molecule is Cc1cc2c(cc1C)-n1c(n[nH]c1=O)-c1cccnc1N2C(=O)CN1CCN(C)CC1. The molecule has 0 radical (unpaired) electrons. The van der Waals surface area contributed by atoms with Gasteiger partial charge in [0.15, 0.2) is 11.6 Å². The number of piperazine rings is 1. The van der Waals surface area contributed by atoms with E-state index in [0.717, 1.165) is 37.3 Å². The number of nitrogens with one attached hydrogen (secondary N) is 1. The Morgan fingerprint density at radius 1 is 1.10 bits per heavy atom. The zero-order chi connectivity index (χ0) is 21.7. The Balaban J connectivity index is 1.68. The first kappa shape index (κ1) is 19.7. The Morgan fingerprint density at radius 2 is 1.81 bits per heavy atom. The molecule has 0 saturated carbocycles. The number of nitrogens with zero attached hydrogens (tertiary/aromatic N) is 6. The van der Waals surface area contributed by atoms with Crippen molar-refractivity contribution in [2.75, 3.05) is 44.7 Å². The summed E-state index contributed by atoms with van der Waals surface area (Å²) in [4.78, 5) is 37.1. The van der Waals surface area contributed by atoms with E-state index < -0.39 is 0 Å². The van der Waals surface area contributed by atoms with Crippen molar-refractivity contribution in [1.82, 2.24) is 29.5 Å². The van der Waals surface area contributed by atoms with Crippen LogP contribution in [0.25, 0.3) is 17.1 Å². The van der Waals surface area contributed by atoms with Crippen LogP contribution in [-0.4, -0.2) is 75.2 Å². The highest BCUT2D eigenvalue weighted by atomic mass is 16.2. The van der Waals surface area contributed by atoms with Crippen LogP contribution in [0.2, 0.25) is 0 Å². The molecule has 2 aromatic heterocycles. The molecule has 3 aromatic rings. The molecule has 2 aliphatic rings. The predicted molar refractivity (Wildman–Crippen MR) is 118 cm³/mol. The zero-order valence-corrected chi connectivity index (χ0v) is 17.9. The second kappa shape index (κ2) is 7.44. The molecule has 1 amide bonds. The largest absolute Gasteiger partial charge is 0.348 e. The summed E-state index contributed by atoms with van der Waals surface area (Å²) >= 11 is 0. The fourth-order valence-corrected chi connectivity index (χ4v) is 4.23. The lowest BCUT2D eigenvalue weighted by molar-refractivity contribution is -0.119. The molecule has 0 atom stereocenters. The number of aryl methyl sites for hydroxylation is 2. The number of aromatic nitrogens is 4. The highest BCUT2D eigenvalue weighted by molar-refractivity contribution is 6.06. The van der Waals surface area contributed by atoms with Crippen LogP contribution in [-0.2, 0) is 4.79 Å². The van der Waals surface area contributed by atoms with E-state index in [4.69, 9.17) is 0 Å². The highest BCUT2D eigenvalue weighted by Gasteiger charge is 2.33. The van der Waals surface area contributed by atoms with Gasteiger partial charge in [-0.05, 0) is 56.3 Å². The average Bonchev–Trinajstić information content (AvgIpc) is 3.08. The lowest BCUT2D eigenvalue weighted by Crippen LogP contribution is -2.48. The van der Waals surface area contributed by atoms with Gasteiger partial charge in [0.2, 0.25) is 5.91 Å². The van der Waals surface area contributed by atoms with Crippen molar-refractivity contribution in [2.45, 2.75) is 13.8 Å². The summed E-state index contributed by atoms with van der Waals surface area (Å²) in [5.41, 5.74) is 3.63. The first-order chi connectivity index (χ1) is 14.9. The molecule has 0 unspecified atom stereocenters. The Bertz CT molecular complexity index is 1220. The smallest absolute Gasteiger partial charge is 0.304 e. The first-order valence-corrected chi connectivity index (χ1v) is 10.4. The van der Waals surface area contributed by atoms with Crippen LogP contribution < -0.4 is 10.6 Å². The summed E-state index contributed by atoms with van der Waals surface area (Å²) in [5.74, 6) is 0.868. The Hall–Kier alpha value is -3.30. The van der Waals surface area contributed by atoms with Gasteiger partial charge in [-0.3, -0.25) is 14.6 Å². The molecule has 1 N–H and O–H groups in total. The van der Waals surface area contributed by atoms with E-state index in [1.807, 2.05) is 32.0 Å². The topological polar surface area (TPSA) is 90.4 Å². The van der Waals surface area contributed by atoms with Gasteiger partial charge in [0.1, 0.15) is 0 Å². The Kier molecular flexibility index (Phi) is 4.71. The van der Waals surface area contributed by atoms with Crippen molar-refractivity contribution in [1.29, 1.82) is 0 Å². The number of rotatable bonds is 2. The van der Waals surface area contributed by atoms with Crippen LogP contribution in [0.5, 0.6) is 0 Å². The number of hydrogen-bond acceptors (Lipinski definition) is 6. The van der Waals surface area contributed by atoms with Crippen molar-refractivity contribution in [3.05, 3.63) is 52.1 Å². The number of carbonyl (C=O) groups is 1. The van der Waals surface area contributed by atoms with Crippen molar-refractivity contribution in [2.24, 2.45) is 0 Å².